The van der Waals surface area contributed by atoms with E-state index in [9.17, 15) is 9.59 Å². The first-order valence-corrected chi connectivity index (χ1v) is 6.44. The van der Waals surface area contributed by atoms with Crippen LogP contribution in [0, 0.1) is 0 Å². The molecule has 7 heteroatoms. The van der Waals surface area contributed by atoms with Gasteiger partial charge in [-0.3, -0.25) is 9.36 Å². The highest BCUT2D eigenvalue weighted by molar-refractivity contribution is 7.98. The number of furan rings is 1. The zero-order valence-corrected chi connectivity index (χ0v) is 10.9. The molecule has 0 unspecified atom stereocenters. The van der Waals surface area contributed by atoms with Gasteiger partial charge in [0.15, 0.2) is 17.2 Å². The standard InChI is InChI=1S/C11H13N3O3S/c1-7(2)14-10(16)12-13-11(14)18-6-9-4-3-8(5-15)17-9/h3-5,7H,6H2,1-2H3,(H,12,16). The fourth-order valence-corrected chi connectivity index (χ4v) is 2.49. The molecule has 0 saturated heterocycles. The Hall–Kier alpha value is -1.76. The second kappa shape index (κ2) is 5.26. The van der Waals surface area contributed by atoms with Gasteiger partial charge in [0.25, 0.3) is 0 Å². The monoisotopic (exact) mass is 267 g/mol. The van der Waals surface area contributed by atoms with Gasteiger partial charge in [-0.15, -0.1) is 5.10 Å². The Morgan fingerprint density at radius 3 is 2.94 bits per heavy atom. The molecular weight excluding hydrogens is 254 g/mol. The molecule has 0 spiro atoms. The van der Waals surface area contributed by atoms with Crippen LogP contribution in [-0.4, -0.2) is 21.1 Å². The number of nitrogens with one attached hydrogen (secondary N) is 1. The van der Waals surface area contributed by atoms with Crippen molar-refractivity contribution >= 4 is 18.0 Å². The number of hydrogen-bond acceptors (Lipinski definition) is 5. The lowest BCUT2D eigenvalue weighted by molar-refractivity contribution is 0.109. The summed E-state index contributed by atoms with van der Waals surface area (Å²) >= 11 is 1.38. The average molecular weight is 267 g/mol. The van der Waals surface area contributed by atoms with Gasteiger partial charge in [-0.1, -0.05) is 11.8 Å². The first kappa shape index (κ1) is 12.7. The summed E-state index contributed by atoms with van der Waals surface area (Å²) in [4.78, 5) is 22.0. The number of aromatic nitrogens is 3. The third kappa shape index (κ3) is 2.56. The molecule has 0 bridgehead atoms. The Morgan fingerprint density at radius 2 is 2.33 bits per heavy atom. The van der Waals surface area contributed by atoms with Crippen LogP contribution >= 0.6 is 11.8 Å². The van der Waals surface area contributed by atoms with Crippen molar-refractivity contribution < 1.29 is 9.21 Å². The molecular formula is C11H13N3O3S. The van der Waals surface area contributed by atoms with E-state index in [1.165, 1.54) is 11.8 Å². The van der Waals surface area contributed by atoms with Crippen molar-refractivity contribution in [2.45, 2.75) is 30.8 Å². The van der Waals surface area contributed by atoms with Crippen LogP contribution in [0.5, 0.6) is 0 Å². The summed E-state index contributed by atoms with van der Waals surface area (Å²) in [6.45, 7) is 3.83. The summed E-state index contributed by atoms with van der Waals surface area (Å²) in [7, 11) is 0. The molecule has 2 rings (SSSR count). The maximum Gasteiger partial charge on any atom is 0.344 e. The molecule has 0 radical (unpaired) electrons. The van der Waals surface area contributed by atoms with Gasteiger partial charge >= 0.3 is 5.69 Å². The smallest absolute Gasteiger partial charge is 0.344 e. The van der Waals surface area contributed by atoms with Crippen LogP contribution in [-0.2, 0) is 5.75 Å². The van der Waals surface area contributed by atoms with E-state index in [2.05, 4.69) is 10.2 Å². The van der Waals surface area contributed by atoms with E-state index < -0.39 is 0 Å². The molecule has 0 aliphatic heterocycles. The molecule has 0 aromatic carbocycles. The first-order valence-electron chi connectivity index (χ1n) is 5.45. The molecule has 0 saturated carbocycles. The van der Waals surface area contributed by atoms with E-state index in [0.29, 0.717) is 28.7 Å². The summed E-state index contributed by atoms with van der Waals surface area (Å²) in [5, 5.41) is 6.99. The maximum absolute atomic E-state index is 11.5. The quantitative estimate of drug-likeness (QED) is 0.660. The van der Waals surface area contributed by atoms with Crippen LogP contribution in [0.1, 0.15) is 36.2 Å². The summed E-state index contributed by atoms with van der Waals surface area (Å²) in [5.41, 5.74) is -0.222. The van der Waals surface area contributed by atoms with Crippen LogP contribution < -0.4 is 5.69 Å². The third-order valence-electron chi connectivity index (χ3n) is 2.33. The molecule has 6 nitrogen and oxygen atoms in total. The lowest BCUT2D eigenvalue weighted by Crippen LogP contribution is -2.19. The Kier molecular flexibility index (Phi) is 3.71. The van der Waals surface area contributed by atoms with Crippen LogP contribution in [0.25, 0.3) is 0 Å². The summed E-state index contributed by atoms with van der Waals surface area (Å²) in [6, 6.07) is 3.39. The minimum absolute atomic E-state index is 0.0425. The number of hydrogen-bond donors (Lipinski definition) is 1. The molecule has 1 N–H and O–H groups in total. The van der Waals surface area contributed by atoms with Crippen molar-refractivity contribution in [2.75, 3.05) is 0 Å². The number of aldehydes is 1. The largest absolute Gasteiger partial charge is 0.457 e. The predicted molar refractivity (Wildman–Crippen MR) is 66.9 cm³/mol. The number of nitrogens with zero attached hydrogens (tertiary/aromatic N) is 2. The van der Waals surface area contributed by atoms with Gasteiger partial charge in [-0.2, -0.15) is 0 Å². The minimum Gasteiger partial charge on any atom is -0.457 e. The van der Waals surface area contributed by atoms with Crippen LogP contribution in [0.15, 0.2) is 26.5 Å². The van der Waals surface area contributed by atoms with Crippen molar-refractivity contribution in [3.05, 3.63) is 34.1 Å². The first-order chi connectivity index (χ1) is 8.61. The molecule has 0 fully saturated rings. The topological polar surface area (TPSA) is 80.9 Å². The zero-order chi connectivity index (χ0) is 13.1. The number of carbonyl (C=O) groups excluding carboxylic acids is 1. The SMILES string of the molecule is CC(C)n1c(SCc2ccc(C=O)o2)n[nH]c1=O. The molecule has 2 heterocycles. The summed E-state index contributed by atoms with van der Waals surface area (Å²) in [5.74, 6) is 1.49. The van der Waals surface area contributed by atoms with Gasteiger partial charge in [0.05, 0.1) is 5.75 Å². The van der Waals surface area contributed by atoms with Gasteiger partial charge in [-0.05, 0) is 26.0 Å². The van der Waals surface area contributed by atoms with Crippen molar-refractivity contribution in [1.29, 1.82) is 0 Å². The second-order valence-electron chi connectivity index (χ2n) is 3.99. The highest BCUT2D eigenvalue weighted by Gasteiger charge is 2.12. The van der Waals surface area contributed by atoms with Gasteiger partial charge < -0.3 is 4.42 Å². The highest BCUT2D eigenvalue weighted by atomic mass is 32.2. The fraction of sp³-hybridized carbons (Fsp3) is 0.364. The van der Waals surface area contributed by atoms with E-state index >= 15 is 0 Å². The van der Waals surface area contributed by atoms with Crippen molar-refractivity contribution in [1.82, 2.24) is 14.8 Å². The molecule has 2 aromatic rings. The minimum atomic E-state index is -0.222. The number of aromatic amines is 1. The van der Waals surface area contributed by atoms with Crippen LogP contribution in [0.2, 0.25) is 0 Å². The molecule has 0 aliphatic rings. The Bertz CT molecular complexity index is 597. The van der Waals surface area contributed by atoms with Crippen molar-refractivity contribution in [3.63, 3.8) is 0 Å². The lowest BCUT2D eigenvalue weighted by atomic mass is 10.4. The second-order valence-corrected chi connectivity index (χ2v) is 4.93. The Morgan fingerprint density at radius 1 is 1.56 bits per heavy atom. The van der Waals surface area contributed by atoms with E-state index in [1.807, 2.05) is 13.8 Å². The van der Waals surface area contributed by atoms with E-state index in [1.54, 1.807) is 16.7 Å². The Labute approximate surface area is 107 Å². The van der Waals surface area contributed by atoms with Gasteiger partial charge in [-0.25, -0.2) is 9.89 Å². The van der Waals surface area contributed by atoms with Crippen LogP contribution in [0.4, 0.5) is 0 Å². The van der Waals surface area contributed by atoms with Gasteiger partial charge in [0.2, 0.25) is 0 Å². The number of carbonyl (C=O) groups is 1. The average Bonchev–Trinajstić information content (AvgIpc) is 2.92. The highest BCUT2D eigenvalue weighted by Crippen LogP contribution is 2.22. The Balaban J connectivity index is 2.10. The molecule has 96 valence electrons. The van der Waals surface area contributed by atoms with E-state index in [0.717, 1.165) is 0 Å². The number of thioether (sulfide) groups is 1. The number of H-pyrrole nitrogens is 1. The molecule has 0 amide bonds. The number of rotatable bonds is 5. The summed E-state index contributed by atoms with van der Waals surface area (Å²) < 4.78 is 6.83. The van der Waals surface area contributed by atoms with E-state index in [-0.39, 0.29) is 11.7 Å². The van der Waals surface area contributed by atoms with Crippen LogP contribution in [0.3, 0.4) is 0 Å². The zero-order valence-electron chi connectivity index (χ0n) is 10.0. The molecule has 0 atom stereocenters. The van der Waals surface area contributed by atoms with Crippen molar-refractivity contribution in [2.24, 2.45) is 0 Å². The van der Waals surface area contributed by atoms with Gasteiger partial charge in [0.1, 0.15) is 5.76 Å². The third-order valence-corrected chi connectivity index (χ3v) is 3.31. The van der Waals surface area contributed by atoms with Crippen molar-refractivity contribution in [3.8, 4) is 0 Å². The molecule has 0 aliphatic carbocycles. The molecule has 2 aromatic heterocycles. The predicted octanol–water partition coefficient (Wildman–Crippen LogP) is 1.85. The van der Waals surface area contributed by atoms with Gasteiger partial charge in [0, 0.05) is 6.04 Å². The molecule has 18 heavy (non-hydrogen) atoms. The fourth-order valence-electron chi connectivity index (χ4n) is 1.52. The van der Waals surface area contributed by atoms with E-state index in [4.69, 9.17) is 4.42 Å². The summed E-state index contributed by atoms with van der Waals surface area (Å²) in [6.07, 6.45) is 0.659. The normalized spacial score (nSPS) is 11.1. The lowest BCUT2D eigenvalue weighted by Gasteiger charge is -2.07. The maximum atomic E-state index is 11.5.